The Morgan fingerprint density at radius 3 is 2.76 bits per heavy atom. The van der Waals surface area contributed by atoms with Gasteiger partial charge in [0.1, 0.15) is 0 Å². The molecule has 0 aliphatic heterocycles. The lowest BCUT2D eigenvalue weighted by atomic mass is 9.94. The molecule has 2 N–H and O–H groups in total. The van der Waals surface area contributed by atoms with Gasteiger partial charge in [-0.2, -0.15) is 0 Å². The van der Waals surface area contributed by atoms with E-state index in [9.17, 15) is 9.90 Å². The van der Waals surface area contributed by atoms with Gasteiger partial charge < -0.3 is 10.4 Å². The standard InChI is InChI=1S/C21H26N2O2/c1-15-17(20-12-5-6-13-22-20)9-7-10-18(15)21(25)23-19-11-4-2-3-8-16(19)14-24/h5-7,9-10,12-13,16,19,24H,2-4,8,11,14H2,1H3,(H,23,25). The van der Waals surface area contributed by atoms with Gasteiger partial charge in [-0.05, 0) is 43.5 Å². The highest BCUT2D eigenvalue weighted by Crippen LogP contribution is 2.26. The Labute approximate surface area is 149 Å². The van der Waals surface area contributed by atoms with Gasteiger partial charge in [-0.3, -0.25) is 9.78 Å². The number of carbonyl (C=O) groups is 1. The van der Waals surface area contributed by atoms with Crippen molar-refractivity contribution in [3.8, 4) is 11.3 Å². The lowest BCUT2D eigenvalue weighted by Gasteiger charge is -2.25. The molecule has 3 rings (SSSR count). The van der Waals surface area contributed by atoms with Gasteiger partial charge in [0.25, 0.3) is 5.91 Å². The number of nitrogens with zero attached hydrogens (tertiary/aromatic N) is 1. The van der Waals surface area contributed by atoms with Crippen LogP contribution in [0.2, 0.25) is 0 Å². The summed E-state index contributed by atoms with van der Waals surface area (Å²) in [5.41, 5.74) is 3.47. The number of aliphatic hydroxyl groups excluding tert-OH is 1. The molecule has 4 nitrogen and oxygen atoms in total. The van der Waals surface area contributed by atoms with E-state index in [1.807, 2.05) is 43.3 Å². The molecule has 1 aromatic heterocycles. The van der Waals surface area contributed by atoms with Crippen molar-refractivity contribution in [3.63, 3.8) is 0 Å². The third kappa shape index (κ3) is 4.07. The van der Waals surface area contributed by atoms with Crippen molar-refractivity contribution >= 4 is 5.91 Å². The van der Waals surface area contributed by atoms with E-state index < -0.39 is 0 Å². The highest BCUT2D eigenvalue weighted by molar-refractivity contribution is 5.97. The zero-order valence-electron chi connectivity index (χ0n) is 14.7. The van der Waals surface area contributed by atoms with Gasteiger partial charge in [0.15, 0.2) is 0 Å². The van der Waals surface area contributed by atoms with Crippen LogP contribution in [0.5, 0.6) is 0 Å². The Morgan fingerprint density at radius 2 is 2.00 bits per heavy atom. The van der Waals surface area contributed by atoms with Crippen LogP contribution < -0.4 is 5.32 Å². The smallest absolute Gasteiger partial charge is 0.251 e. The molecule has 1 heterocycles. The Balaban J connectivity index is 1.82. The van der Waals surface area contributed by atoms with Gasteiger partial charge in [-0.15, -0.1) is 0 Å². The number of rotatable bonds is 4. The first-order chi connectivity index (χ1) is 12.2. The first-order valence-electron chi connectivity index (χ1n) is 9.13. The van der Waals surface area contributed by atoms with Gasteiger partial charge in [-0.1, -0.05) is 37.5 Å². The topological polar surface area (TPSA) is 62.2 Å². The quantitative estimate of drug-likeness (QED) is 0.835. The fraction of sp³-hybridized carbons (Fsp3) is 0.429. The highest BCUT2D eigenvalue weighted by atomic mass is 16.3. The molecule has 0 spiro atoms. The van der Waals surface area contributed by atoms with Crippen LogP contribution in [0.15, 0.2) is 42.6 Å². The van der Waals surface area contributed by atoms with Crippen molar-refractivity contribution < 1.29 is 9.90 Å². The van der Waals surface area contributed by atoms with Crippen molar-refractivity contribution in [2.45, 2.75) is 45.1 Å². The normalized spacial score (nSPS) is 20.7. The summed E-state index contributed by atoms with van der Waals surface area (Å²) in [6.07, 6.45) is 7.10. The van der Waals surface area contributed by atoms with Gasteiger partial charge >= 0.3 is 0 Å². The van der Waals surface area contributed by atoms with Crippen LogP contribution in [0.25, 0.3) is 11.3 Å². The summed E-state index contributed by atoms with van der Waals surface area (Å²) in [6, 6.07) is 11.6. The van der Waals surface area contributed by atoms with E-state index in [-0.39, 0.29) is 24.5 Å². The molecule has 2 unspecified atom stereocenters. The Kier molecular flexibility index (Phi) is 5.82. The lowest BCUT2D eigenvalue weighted by Crippen LogP contribution is -2.41. The van der Waals surface area contributed by atoms with Gasteiger partial charge in [0, 0.05) is 35.9 Å². The Bertz CT molecular complexity index is 715. The number of benzene rings is 1. The molecule has 1 amide bonds. The summed E-state index contributed by atoms with van der Waals surface area (Å²) in [5.74, 6) is 0.103. The van der Waals surface area contributed by atoms with E-state index in [2.05, 4.69) is 10.3 Å². The molecule has 2 atom stereocenters. The average molecular weight is 338 g/mol. The van der Waals surface area contributed by atoms with Gasteiger partial charge in [0.05, 0.1) is 5.69 Å². The molecular formula is C21H26N2O2. The SMILES string of the molecule is Cc1c(C(=O)NC2CCCCCC2CO)cccc1-c1ccccn1. The molecule has 25 heavy (non-hydrogen) atoms. The average Bonchev–Trinajstić information content (AvgIpc) is 2.87. The van der Waals surface area contributed by atoms with Crippen LogP contribution in [-0.2, 0) is 0 Å². The molecule has 4 heteroatoms. The van der Waals surface area contributed by atoms with Crippen LogP contribution in [-0.4, -0.2) is 28.6 Å². The molecule has 1 fully saturated rings. The minimum atomic E-state index is -0.0550. The minimum Gasteiger partial charge on any atom is -0.396 e. The zero-order valence-corrected chi connectivity index (χ0v) is 14.7. The van der Waals surface area contributed by atoms with Crippen molar-refractivity contribution in [1.82, 2.24) is 10.3 Å². The number of carbonyl (C=O) groups excluding carboxylic acids is 1. The number of amides is 1. The third-order valence-corrected chi connectivity index (χ3v) is 5.23. The monoisotopic (exact) mass is 338 g/mol. The lowest BCUT2D eigenvalue weighted by molar-refractivity contribution is 0.0899. The number of nitrogens with one attached hydrogen (secondary N) is 1. The first kappa shape index (κ1) is 17.6. The van der Waals surface area contributed by atoms with Crippen LogP contribution in [0.4, 0.5) is 0 Å². The fourth-order valence-corrected chi connectivity index (χ4v) is 3.72. The van der Waals surface area contributed by atoms with E-state index in [0.29, 0.717) is 5.56 Å². The van der Waals surface area contributed by atoms with Crippen molar-refractivity contribution in [3.05, 3.63) is 53.7 Å². The molecular weight excluding hydrogens is 312 g/mol. The number of hydrogen-bond donors (Lipinski definition) is 2. The first-order valence-corrected chi connectivity index (χ1v) is 9.13. The zero-order chi connectivity index (χ0) is 17.6. The number of pyridine rings is 1. The van der Waals surface area contributed by atoms with Crippen molar-refractivity contribution in [2.75, 3.05) is 6.61 Å². The molecule has 0 radical (unpaired) electrons. The van der Waals surface area contributed by atoms with Crippen LogP contribution in [0, 0.1) is 12.8 Å². The molecule has 0 bridgehead atoms. The van der Waals surface area contributed by atoms with Crippen molar-refractivity contribution in [1.29, 1.82) is 0 Å². The summed E-state index contributed by atoms with van der Waals surface area (Å²) < 4.78 is 0. The second kappa shape index (κ2) is 8.26. The maximum absolute atomic E-state index is 12.9. The summed E-state index contributed by atoms with van der Waals surface area (Å²) >= 11 is 0. The number of aliphatic hydroxyl groups is 1. The molecule has 2 aromatic rings. The van der Waals surface area contributed by atoms with E-state index in [1.54, 1.807) is 6.20 Å². The highest BCUT2D eigenvalue weighted by Gasteiger charge is 2.25. The van der Waals surface area contributed by atoms with Crippen LogP contribution >= 0.6 is 0 Å². The Hall–Kier alpha value is -2.20. The second-order valence-corrected chi connectivity index (χ2v) is 6.85. The van der Waals surface area contributed by atoms with Gasteiger partial charge in [-0.25, -0.2) is 0 Å². The van der Waals surface area contributed by atoms with Crippen LogP contribution in [0.1, 0.15) is 48.0 Å². The Morgan fingerprint density at radius 1 is 1.16 bits per heavy atom. The maximum Gasteiger partial charge on any atom is 0.251 e. The minimum absolute atomic E-state index is 0.0536. The molecule has 1 aliphatic rings. The second-order valence-electron chi connectivity index (χ2n) is 6.85. The predicted molar refractivity (Wildman–Crippen MR) is 99.3 cm³/mol. The van der Waals surface area contributed by atoms with Crippen LogP contribution in [0.3, 0.4) is 0 Å². The van der Waals surface area contributed by atoms with E-state index in [1.165, 1.54) is 6.42 Å². The van der Waals surface area contributed by atoms with E-state index in [4.69, 9.17) is 0 Å². The maximum atomic E-state index is 12.9. The number of hydrogen-bond acceptors (Lipinski definition) is 3. The largest absolute Gasteiger partial charge is 0.396 e. The summed E-state index contributed by atoms with van der Waals surface area (Å²) in [5, 5.41) is 12.8. The molecule has 0 saturated heterocycles. The third-order valence-electron chi connectivity index (χ3n) is 5.23. The fourth-order valence-electron chi connectivity index (χ4n) is 3.72. The molecule has 1 aliphatic carbocycles. The number of aromatic nitrogens is 1. The summed E-state index contributed by atoms with van der Waals surface area (Å²) in [7, 11) is 0. The molecule has 132 valence electrons. The predicted octanol–water partition coefficient (Wildman–Crippen LogP) is 3.73. The summed E-state index contributed by atoms with van der Waals surface area (Å²) in [6.45, 7) is 2.10. The van der Waals surface area contributed by atoms with E-state index >= 15 is 0 Å². The van der Waals surface area contributed by atoms with Gasteiger partial charge in [0.2, 0.25) is 0 Å². The molecule has 1 aromatic carbocycles. The van der Waals surface area contributed by atoms with E-state index in [0.717, 1.165) is 42.5 Å². The van der Waals surface area contributed by atoms with Crippen molar-refractivity contribution in [2.24, 2.45) is 5.92 Å². The summed E-state index contributed by atoms with van der Waals surface area (Å²) in [4.78, 5) is 17.3. The molecule has 1 saturated carbocycles.